The highest BCUT2D eigenvalue weighted by Crippen LogP contribution is 2.30. The fourth-order valence-corrected chi connectivity index (χ4v) is 4.46. The molecule has 0 amide bonds. The first-order chi connectivity index (χ1) is 12.8. The van der Waals surface area contributed by atoms with Crippen molar-refractivity contribution >= 4 is 25.3 Å². The topological polar surface area (TPSA) is 40.5 Å². The molecule has 0 unspecified atom stereocenters. The minimum absolute atomic E-state index is 0.290. The maximum atomic E-state index is 9.47. The van der Waals surface area contributed by atoms with Gasteiger partial charge < -0.3 is 10.2 Å². The molecule has 2 nitrogen and oxygen atoms in total. The summed E-state index contributed by atoms with van der Waals surface area (Å²) in [5.74, 6) is 3.20. The molecule has 0 aliphatic heterocycles. The fourth-order valence-electron chi connectivity index (χ4n) is 4.01. The van der Waals surface area contributed by atoms with Crippen molar-refractivity contribution in [3.05, 3.63) is 0 Å². The van der Waals surface area contributed by atoms with Crippen molar-refractivity contribution in [1.29, 1.82) is 0 Å². The van der Waals surface area contributed by atoms with Gasteiger partial charge in [0, 0.05) is 13.2 Å². The molecule has 0 spiro atoms. The minimum Gasteiger partial charge on any atom is -0.396 e. The summed E-state index contributed by atoms with van der Waals surface area (Å²) >= 11 is 8.53. The number of rotatable bonds is 21. The molecule has 0 radical (unpaired) electrons. The highest BCUT2D eigenvalue weighted by Gasteiger charge is 2.20. The van der Waals surface area contributed by atoms with E-state index in [0.717, 1.165) is 24.3 Å². The van der Waals surface area contributed by atoms with Gasteiger partial charge >= 0.3 is 0 Å². The van der Waals surface area contributed by atoms with E-state index in [9.17, 15) is 10.2 Å². The first kappa shape index (κ1) is 26.6. The first-order valence-electron chi connectivity index (χ1n) is 11.2. The summed E-state index contributed by atoms with van der Waals surface area (Å²) in [4.78, 5) is 0. The summed E-state index contributed by atoms with van der Waals surface area (Å²) in [7, 11) is 0. The van der Waals surface area contributed by atoms with Crippen LogP contribution in [0.4, 0.5) is 0 Å². The van der Waals surface area contributed by atoms with Crippen LogP contribution in [0.15, 0.2) is 0 Å². The lowest BCUT2D eigenvalue weighted by Gasteiger charge is -2.26. The van der Waals surface area contributed by atoms with Gasteiger partial charge in [-0.15, -0.1) is 0 Å². The van der Waals surface area contributed by atoms with Crippen molar-refractivity contribution in [3.8, 4) is 0 Å². The van der Waals surface area contributed by atoms with Crippen LogP contribution in [0.2, 0.25) is 0 Å². The number of unbranched alkanes of at least 4 members (excludes halogenated alkanes) is 10. The fraction of sp³-hybridized carbons (Fsp3) is 1.00. The van der Waals surface area contributed by atoms with Crippen LogP contribution in [-0.4, -0.2) is 34.9 Å². The van der Waals surface area contributed by atoms with Crippen LogP contribution in [0.1, 0.15) is 103 Å². The molecule has 26 heavy (non-hydrogen) atoms. The molecular formula is C22H46O2S2. The van der Waals surface area contributed by atoms with Crippen molar-refractivity contribution in [2.24, 2.45) is 11.8 Å². The number of hydrogen-bond acceptors (Lipinski definition) is 4. The van der Waals surface area contributed by atoms with Crippen LogP contribution >= 0.6 is 25.3 Å². The molecule has 0 saturated carbocycles. The van der Waals surface area contributed by atoms with Gasteiger partial charge in [-0.1, -0.05) is 77.0 Å². The normalized spacial score (nSPS) is 13.8. The van der Waals surface area contributed by atoms with E-state index >= 15 is 0 Å². The average Bonchev–Trinajstić information content (AvgIpc) is 2.65. The zero-order valence-electron chi connectivity index (χ0n) is 17.1. The van der Waals surface area contributed by atoms with Crippen molar-refractivity contribution in [2.45, 2.75) is 103 Å². The van der Waals surface area contributed by atoms with Crippen LogP contribution in [0.3, 0.4) is 0 Å². The SMILES string of the molecule is OCC[C@H](CCCCCCCCS)[C@@H](CCO)CCCCCCCCS. The van der Waals surface area contributed by atoms with Gasteiger partial charge in [0.05, 0.1) is 0 Å². The third-order valence-corrected chi connectivity index (χ3v) is 6.26. The second kappa shape index (κ2) is 21.9. The molecule has 0 saturated heterocycles. The zero-order chi connectivity index (χ0) is 19.3. The van der Waals surface area contributed by atoms with E-state index in [2.05, 4.69) is 25.3 Å². The Balaban J connectivity index is 4.00. The second-order valence-corrected chi connectivity index (χ2v) is 8.71. The van der Waals surface area contributed by atoms with Crippen LogP contribution in [-0.2, 0) is 0 Å². The van der Waals surface area contributed by atoms with E-state index in [1.54, 1.807) is 0 Å². The largest absolute Gasteiger partial charge is 0.396 e. The lowest BCUT2D eigenvalue weighted by molar-refractivity contribution is 0.164. The maximum absolute atomic E-state index is 9.47. The second-order valence-electron chi connectivity index (χ2n) is 7.81. The standard InChI is InChI=1S/C22H46O2S2/c23-17-15-21(13-9-5-1-3-7-11-19-25)22(16-18-24)14-10-6-2-4-8-12-20-26/h21-26H,1-20H2/t21-,22+. The molecule has 2 N–H and O–H groups in total. The Bertz CT molecular complexity index is 239. The van der Waals surface area contributed by atoms with Gasteiger partial charge in [0.1, 0.15) is 0 Å². The zero-order valence-corrected chi connectivity index (χ0v) is 18.9. The van der Waals surface area contributed by atoms with Crippen LogP contribution < -0.4 is 0 Å². The van der Waals surface area contributed by atoms with Crippen molar-refractivity contribution in [2.75, 3.05) is 24.7 Å². The summed E-state index contributed by atoms with van der Waals surface area (Å²) < 4.78 is 0. The van der Waals surface area contributed by atoms with Gasteiger partial charge in [-0.2, -0.15) is 25.3 Å². The molecule has 0 rings (SSSR count). The molecule has 0 aromatic heterocycles. The summed E-state index contributed by atoms with van der Waals surface area (Å²) in [6.45, 7) is 0.580. The molecule has 0 heterocycles. The summed E-state index contributed by atoms with van der Waals surface area (Å²) in [6.07, 6.45) is 19.9. The van der Waals surface area contributed by atoms with Crippen LogP contribution in [0.25, 0.3) is 0 Å². The maximum Gasteiger partial charge on any atom is 0.0433 e. The molecule has 0 aromatic carbocycles. The van der Waals surface area contributed by atoms with E-state index in [1.165, 1.54) is 89.9 Å². The van der Waals surface area contributed by atoms with Gasteiger partial charge in [0.2, 0.25) is 0 Å². The molecule has 0 aromatic rings. The Morgan fingerprint density at radius 1 is 0.423 bits per heavy atom. The number of hydrogen-bond donors (Lipinski definition) is 4. The molecule has 0 aliphatic rings. The third kappa shape index (κ3) is 16.8. The lowest BCUT2D eigenvalue weighted by atomic mass is 9.80. The van der Waals surface area contributed by atoms with Gasteiger partial charge in [-0.3, -0.25) is 0 Å². The number of aliphatic hydroxyl groups is 2. The smallest absolute Gasteiger partial charge is 0.0433 e. The van der Waals surface area contributed by atoms with Crippen molar-refractivity contribution < 1.29 is 10.2 Å². The molecule has 0 fully saturated rings. The molecule has 158 valence electrons. The highest BCUT2D eigenvalue weighted by atomic mass is 32.1. The Morgan fingerprint density at radius 2 is 0.731 bits per heavy atom. The Morgan fingerprint density at radius 3 is 1.04 bits per heavy atom. The van der Waals surface area contributed by atoms with Crippen LogP contribution in [0.5, 0.6) is 0 Å². The summed E-state index contributed by atoms with van der Waals surface area (Å²) in [5.41, 5.74) is 0. The number of thiol groups is 2. The average molecular weight is 407 g/mol. The van der Waals surface area contributed by atoms with Crippen molar-refractivity contribution in [3.63, 3.8) is 0 Å². The molecule has 2 atom stereocenters. The molecule has 4 heteroatoms. The monoisotopic (exact) mass is 406 g/mol. The van der Waals surface area contributed by atoms with E-state index in [4.69, 9.17) is 0 Å². The lowest BCUT2D eigenvalue weighted by Crippen LogP contribution is -2.18. The van der Waals surface area contributed by atoms with Crippen molar-refractivity contribution in [1.82, 2.24) is 0 Å². The summed E-state index contributed by atoms with van der Waals surface area (Å²) in [5, 5.41) is 18.9. The van der Waals surface area contributed by atoms with Gasteiger partial charge in [-0.25, -0.2) is 0 Å². The van der Waals surface area contributed by atoms with Gasteiger partial charge in [0.25, 0.3) is 0 Å². The Labute approximate surface area is 174 Å². The van der Waals surface area contributed by atoms with Gasteiger partial charge in [-0.05, 0) is 49.0 Å². The predicted molar refractivity (Wildman–Crippen MR) is 123 cm³/mol. The molecule has 0 bridgehead atoms. The summed E-state index contributed by atoms with van der Waals surface area (Å²) in [6, 6.07) is 0. The minimum atomic E-state index is 0.290. The Kier molecular flexibility index (Phi) is 22.4. The Hall–Kier alpha value is 0.620. The number of aliphatic hydroxyl groups excluding tert-OH is 2. The first-order valence-corrected chi connectivity index (χ1v) is 12.5. The molecular weight excluding hydrogens is 360 g/mol. The molecule has 0 aliphatic carbocycles. The van der Waals surface area contributed by atoms with Crippen LogP contribution in [0, 0.1) is 11.8 Å². The van der Waals surface area contributed by atoms with E-state index in [1.807, 2.05) is 0 Å². The quantitative estimate of drug-likeness (QED) is 0.133. The van der Waals surface area contributed by atoms with E-state index < -0.39 is 0 Å². The highest BCUT2D eigenvalue weighted by molar-refractivity contribution is 7.80. The van der Waals surface area contributed by atoms with E-state index in [-0.39, 0.29) is 13.2 Å². The predicted octanol–water partition coefficient (Wildman–Crippen LogP) is 6.30. The van der Waals surface area contributed by atoms with E-state index in [0.29, 0.717) is 11.8 Å². The van der Waals surface area contributed by atoms with Gasteiger partial charge in [0.15, 0.2) is 0 Å². The third-order valence-electron chi connectivity index (χ3n) is 5.63.